The molecule has 3 heteroatoms. The largest absolute Gasteiger partial charge is 0.376 e. The Morgan fingerprint density at radius 2 is 2.00 bits per heavy atom. The summed E-state index contributed by atoms with van der Waals surface area (Å²) in [6.45, 7) is 4.47. The lowest BCUT2D eigenvalue weighted by atomic mass is 9.69. The van der Waals surface area contributed by atoms with Gasteiger partial charge in [-0.15, -0.1) is 0 Å². The summed E-state index contributed by atoms with van der Waals surface area (Å²) < 4.78 is 0. The fourth-order valence-corrected chi connectivity index (χ4v) is 4.87. The first kappa shape index (κ1) is 18.5. The highest BCUT2D eigenvalue weighted by atomic mass is 16.3. The van der Waals surface area contributed by atoms with Crippen LogP contribution in [0.1, 0.15) is 57.4 Å². The number of fused-ring (bicyclic) bond motifs is 4. The minimum Gasteiger partial charge on any atom is -0.376 e. The van der Waals surface area contributed by atoms with Crippen molar-refractivity contribution in [3.8, 4) is 11.8 Å². The smallest absolute Gasteiger partial charge is 0.144 e. The number of aliphatic hydroxyl groups is 1. The van der Waals surface area contributed by atoms with Crippen LogP contribution in [0.3, 0.4) is 0 Å². The first-order valence-corrected chi connectivity index (χ1v) is 10.5. The number of hydrogen-bond donors (Lipinski definition) is 1. The molecule has 1 aromatic heterocycles. The zero-order valence-electron chi connectivity index (χ0n) is 16.3. The second kappa shape index (κ2) is 8.00. The molecule has 1 N–H and O–H groups in total. The van der Waals surface area contributed by atoms with Gasteiger partial charge in [0.2, 0.25) is 0 Å². The van der Waals surface area contributed by atoms with Crippen molar-refractivity contribution in [3.05, 3.63) is 42.1 Å². The Bertz CT molecular complexity index is 844. The summed E-state index contributed by atoms with van der Waals surface area (Å²) in [4.78, 5) is 7.00. The van der Waals surface area contributed by atoms with E-state index in [0.29, 0.717) is 5.92 Å². The molecule has 0 saturated carbocycles. The monoisotopic (exact) mass is 362 g/mol. The van der Waals surface area contributed by atoms with Crippen molar-refractivity contribution in [2.75, 3.05) is 13.1 Å². The van der Waals surface area contributed by atoms with Crippen LogP contribution in [0.25, 0.3) is 10.9 Å². The van der Waals surface area contributed by atoms with E-state index in [4.69, 9.17) is 0 Å². The molecule has 5 rings (SSSR count). The highest BCUT2D eigenvalue weighted by molar-refractivity contribution is 5.79. The molecule has 3 saturated heterocycles. The van der Waals surface area contributed by atoms with Gasteiger partial charge in [-0.05, 0) is 44.5 Å². The molecule has 27 heavy (non-hydrogen) atoms. The Hall–Kier alpha value is -1.89. The van der Waals surface area contributed by atoms with Crippen molar-refractivity contribution in [2.45, 2.75) is 63.5 Å². The Morgan fingerprint density at radius 1 is 1.19 bits per heavy atom. The van der Waals surface area contributed by atoms with Crippen LogP contribution in [0.5, 0.6) is 0 Å². The van der Waals surface area contributed by atoms with E-state index in [-0.39, 0.29) is 6.04 Å². The average molecular weight is 363 g/mol. The number of rotatable bonds is 5. The van der Waals surface area contributed by atoms with Crippen molar-refractivity contribution in [2.24, 2.45) is 5.92 Å². The topological polar surface area (TPSA) is 36.4 Å². The van der Waals surface area contributed by atoms with Crippen LogP contribution >= 0.6 is 0 Å². The first-order valence-electron chi connectivity index (χ1n) is 10.5. The third kappa shape index (κ3) is 3.74. The van der Waals surface area contributed by atoms with Gasteiger partial charge < -0.3 is 5.11 Å². The number of piperidine rings is 3. The van der Waals surface area contributed by atoms with Gasteiger partial charge in [0.15, 0.2) is 0 Å². The zero-order valence-corrected chi connectivity index (χ0v) is 16.3. The first-order chi connectivity index (χ1) is 13.2. The molecule has 1 aromatic carbocycles. The maximum Gasteiger partial charge on any atom is 0.144 e. The maximum absolute atomic E-state index is 11.6. The van der Waals surface area contributed by atoms with Gasteiger partial charge in [0.25, 0.3) is 0 Å². The summed E-state index contributed by atoms with van der Waals surface area (Å²) in [5, 5.41) is 12.7. The lowest BCUT2D eigenvalue weighted by Crippen LogP contribution is -2.65. The molecule has 3 aliphatic rings. The third-order valence-corrected chi connectivity index (χ3v) is 6.43. The molecule has 2 bridgehead atoms. The van der Waals surface area contributed by atoms with E-state index in [9.17, 15) is 5.11 Å². The lowest BCUT2D eigenvalue weighted by Gasteiger charge is -2.54. The molecule has 142 valence electrons. The van der Waals surface area contributed by atoms with Crippen LogP contribution in [0.4, 0.5) is 0 Å². The van der Waals surface area contributed by atoms with E-state index >= 15 is 0 Å². The fraction of sp³-hybridized carbons (Fsp3) is 0.542. The number of benzene rings is 1. The number of para-hydroxylation sites is 1. The SMILES string of the molecule is CCCCCCC1N2CCC(CC2)C1(O)C#Cc1cnc2ccccc2c1. The molecule has 2 atom stereocenters. The molecule has 0 amide bonds. The minimum absolute atomic E-state index is 0.183. The highest BCUT2D eigenvalue weighted by Crippen LogP contribution is 2.42. The van der Waals surface area contributed by atoms with Crippen molar-refractivity contribution in [1.82, 2.24) is 9.88 Å². The molecule has 0 aliphatic carbocycles. The van der Waals surface area contributed by atoms with Crippen LogP contribution < -0.4 is 0 Å². The van der Waals surface area contributed by atoms with E-state index in [2.05, 4.69) is 40.8 Å². The van der Waals surface area contributed by atoms with Gasteiger partial charge >= 0.3 is 0 Å². The van der Waals surface area contributed by atoms with Gasteiger partial charge in [0, 0.05) is 23.1 Å². The van der Waals surface area contributed by atoms with Gasteiger partial charge in [-0.1, -0.05) is 62.6 Å². The van der Waals surface area contributed by atoms with E-state index in [1.165, 1.54) is 25.7 Å². The van der Waals surface area contributed by atoms with Crippen LogP contribution in [-0.2, 0) is 0 Å². The lowest BCUT2D eigenvalue weighted by molar-refractivity contribution is -0.121. The van der Waals surface area contributed by atoms with Gasteiger partial charge in [0.05, 0.1) is 11.6 Å². The van der Waals surface area contributed by atoms with Gasteiger partial charge in [-0.25, -0.2) is 0 Å². The molecule has 3 nitrogen and oxygen atoms in total. The Labute approximate surface area is 162 Å². The zero-order chi connectivity index (χ0) is 18.7. The van der Waals surface area contributed by atoms with Gasteiger partial charge in [0.1, 0.15) is 5.60 Å². The van der Waals surface area contributed by atoms with E-state index in [1.54, 1.807) is 0 Å². The number of hydrogen-bond acceptors (Lipinski definition) is 3. The van der Waals surface area contributed by atoms with Gasteiger partial charge in [-0.2, -0.15) is 0 Å². The fourth-order valence-electron chi connectivity index (χ4n) is 4.87. The van der Waals surface area contributed by atoms with Crippen LogP contribution in [0.15, 0.2) is 36.5 Å². The van der Waals surface area contributed by atoms with E-state index in [0.717, 1.165) is 48.8 Å². The maximum atomic E-state index is 11.6. The average Bonchev–Trinajstić information content (AvgIpc) is 2.72. The normalized spacial score (nSPS) is 29.5. The van der Waals surface area contributed by atoms with Crippen molar-refractivity contribution in [1.29, 1.82) is 0 Å². The van der Waals surface area contributed by atoms with Crippen LogP contribution in [0, 0.1) is 17.8 Å². The van der Waals surface area contributed by atoms with E-state index in [1.807, 2.05) is 24.4 Å². The van der Waals surface area contributed by atoms with Crippen molar-refractivity contribution >= 4 is 10.9 Å². The van der Waals surface area contributed by atoms with Crippen molar-refractivity contribution < 1.29 is 5.11 Å². The summed E-state index contributed by atoms with van der Waals surface area (Å²) >= 11 is 0. The number of aromatic nitrogens is 1. The predicted octanol–water partition coefficient (Wildman–Crippen LogP) is 4.38. The molecule has 4 heterocycles. The molecule has 3 fully saturated rings. The minimum atomic E-state index is -0.881. The summed E-state index contributed by atoms with van der Waals surface area (Å²) in [6.07, 6.45) is 9.97. The Kier molecular flexibility index (Phi) is 5.48. The molecule has 0 spiro atoms. The number of nitrogens with zero attached hydrogens (tertiary/aromatic N) is 2. The molecule has 2 aromatic rings. The van der Waals surface area contributed by atoms with E-state index < -0.39 is 5.60 Å². The quantitative estimate of drug-likeness (QED) is 0.633. The Balaban J connectivity index is 1.58. The second-order valence-corrected chi connectivity index (χ2v) is 8.17. The summed E-state index contributed by atoms with van der Waals surface area (Å²) in [6, 6.07) is 10.4. The summed E-state index contributed by atoms with van der Waals surface area (Å²) in [5.41, 5.74) is 0.996. The number of pyridine rings is 1. The predicted molar refractivity (Wildman–Crippen MR) is 110 cm³/mol. The Morgan fingerprint density at radius 3 is 2.81 bits per heavy atom. The van der Waals surface area contributed by atoms with Crippen LogP contribution in [-0.4, -0.2) is 39.7 Å². The molecule has 0 radical (unpaired) electrons. The highest BCUT2D eigenvalue weighted by Gasteiger charge is 2.51. The summed E-state index contributed by atoms with van der Waals surface area (Å²) in [7, 11) is 0. The molecule has 2 unspecified atom stereocenters. The molecular weight excluding hydrogens is 332 g/mol. The molecule has 3 aliphatic heterocycles. The van der Waals surface area contributed by atoms with Gasteiger partial charge in [-0.3, -0.25) is 9.88 Å². The number of unbranched alkanes of at least 4 members (excludes halogenated alkanes) is 3. The molecular formula is C24H30N2O. The van der Waals surface area contributed by atoms with Crippen LogP contribution in [0.2, 0.25) is 0 Å². The van der Waals surface area contributed by atoms with Crippen molar-refractivity contribution in [3.63, 3.8) is 0 Å². The summed E-state index contributed by atoms with van der Waals surface area (Å²) in [5.74, 6) is 6.90. The second-order valence-electron chi connectivity index (χ2n) is 8.17. The third-order valence-electron chi connectivity index (χ3n) is 6.43. The standard InChI is InChI=1S/C24H30N2O/c1-2-3-4-5-10-23-24(27,21-12-15-26(23)16-13-21)14-11-19-17-20-8-6-7-9-22(20)25-18-19/h6-9,17-18,21,23,27H,2-5,10,12-13,15-16H2,1H3.